The van der Waals surface area contributed by atoms with Gasteiger partial charge in [-0.3, -0.25) is 5.32 Å². The van der Waals surface area contributed by atoms with Gasteiger partial charge in [0, 0.05) is 11.3 Å². The maximum atomic E-state index is 9.31. The average molecular weight is 254 g/mol. The number of rotatable bonds is 8. The summed E-state index contributed by atoms with van der Waals surface area (Å²) in [6.45, 7) is 8.83. The van der Waals surface area contributed by atoms with E-state index in [0.29, 0.717) is 11.3 Å². The van der Waals surface area contributed by atoms with Gasteiger partial charge in [-0.15, -0.1) is 0 Å². The van der Waals surface area contributed by atoms with Crippen molar-refractivity contribution in [3.8, 4) is 6.07 Å². The zero-order valence-electron chi connectivity index (χ0n) is 11.6. The first-order valence-corrected chi connectivity index (χ1v) is 7.84. The molecule has 3 atom stereocenters. The number of nitrogens with zero attached hydrogens (tertiary/aromatic N) is 1. The van der Waals surface area contributed by atoms with Gasteiger partial charge < -0.3 is 0 Å². The van der Waals surface area contributed by atoms with E-state index in [1.54, 1.807) is 0 Å². The molecule has 0 aromatic rings. The molecule has 17 heavy (non-hydrogen) atoms. The molecule has 0 saturated heterocycles. The molecule has 1 rings (SSSR count). The highest BCUT2D eigenvalue weighted by Gasteiger charge is 2.33. The molecule has 0 aromatic carbocycles. The lowest BCUT2D eigenvalue weighted by Gasteiger charge is -2.27. The molecule has 0 bridgehead atoms. The van der Waals surface area contributed by atoms with Crippen LogP contribution in [0, 0.1) is 17.2 Å². The predicted molar refractivity (Wildman–Crippen MR) is 76.2 cm³/mol. The summed E-state index contributed by atoms with van der Waals surface area (Å²) >= 11 is 2.01. The Balaban J connectivity index is 2.31. The van der Waals surface area contributed by atoms with Crippen LogP contribution in [-0.2, 0) is 0 Å². The molecule has 1 saturated carbocycles. The van der Waals surface area contributed by atoms with Gasteiger partial charge >= 0.3 is 0 Å². The van der Waals surface area contributed by atoms with Crippen LogP contribution in [0.2, 0.25) is 0 Å². The van der Waals surface area contributed by atoms with Crippen molar-refractivity contribution in [3.63, 3.8) is 0 Å². The van der Waals surface area contributed by atoms with Gasteiger partial charge in [-0.1, -0.05) is 27.2 Å². The van der Waals surface area contributed by atoms with E-state index < -0.39 is 0 Å². The molecule has 2 nitrogen and oxygen atoms in total. The summed E-state index contributed by atoms with van der Waals surface area (Å²) in [6, 6.07) is 3.06. The normalized spacial score (nSPS) is 22.5. The molecule has 0 aliphatic heterocycles. The van der Waals surface area contributed by atoms with Gasteiger partial charge in [0.2, 0.25) is 0 Å². The van der Waals surface area contributed by atoms with E-state index in [0.717, 1.165) is 12.3 Å². The molecule has 98 valence electrons. The molecule has 1 aliphatic rings. The first-order valence-electron chi connectivity index (χ1n) is 6.79. The quantitative estimate of drug-likeness (QED) is 0.719. The summed E-state index contributed by atoms with van der Waals surface area (Å²) in [5, 5.41) is 13.3. The monoisotopic (exact) mass is 254 g/mol. The third-order valence-electron chi connectivity index (χ3n) is 3.40. The number of hydrogen-bond donors (Lipinski definition) is 1. The second kappa shape index (κ2) is 6.66. The van der Waals surface area contributed by atoms with Crippen LogP contribution in [0.3, 0.4) is 0 Å². The minimum atomic E-state index is -0.330. The molecular formula is C14H26N2S. The molecule has 0 amide bonds. The first kappa shape index (κ1) is 14.9. The zero-order chi connectivity index (χ0) is 12.9. The van der Waals surface area contributed by atoms with Gasteiger partial charge in [0.05, 0.1) is 6.07 Å². The maximum absolute atomic E-state index is 9.31. The van der Waals surface area contributed by atoms with Crippen LogP contribution in [0.25, 0.3) is 0 Å². The molecule has 0 spiro atoms. The lowest BCUT2D eigenvalue weighted by molar-refractivity contribution is 0.414. The molecule has 3 unspecified atom stereocenters. The summed E-state index contributed by atoms with van der Waals surface area (Å²) in [7, 11) is 0. The molecule has 1 fully saturated rings. The van der Waals surface area contributed by atoms with Crippen molar-refractivity contribution in [3.05, 3.63) is 0 Å². The number of nitrogens with one attached hydrogen (secondary N) is 1. The fourth-order valence-electron chi connectivity index (χ4n) is 1.90. The van der Waals surface area contributed by atoms with E-state index in [-0.39, 0.29) is 5.54 Å². The summed E-state index contributed by atoms with van der Waals surface area (Å²) in [6.07, 6.45) is 4.67. The summed E-state index contributed by atoms with van der Waals surface area (Å²) in [5.41, 5.74) is -0.330. The Bertz CT molecular complexity index is 270. The largest absolute Gasteiger partial charge is 0.297 e. The maximum Gasteiger partial charge on any atom is 0.105 e. The van der Waals surface area contributed by atoms with Crippen molar-refractivity contribution in [2.45, 2.75) is 70.2 Å². The summed E-state index contributed by atoms with van der Waals surface area (Å²) < 4.78 is 0. The third kappa shape index (κ3) is 5.79. The van der Waals surface area contributed by atoms with Crippen molar-refractivity contribution in [2.24, 2.45) is 5.92 Å². The second-order valence-corrected chi connectivity index (χ2v) is 7.20. The Kier molecular flexibility index (Phi) is 5.82. The van der Waals surface area contributed by atoms with E-state index in [1.165, 1.54) is 25.0 Å². The minimum Gasteiger partial charge on any atom is -0.297 e. The van der Waals surface area contributed by atoms with E-state index >= 15 is 0 Å². The molecule has 1 aliphatic carbocycles. The van der Waals surface area contributed by atoms with Crippen molar-refractivity contribution in [2.75, 3.05) is 5.75 Å². The van der Waals surface area contributed by atoms with Crippen molar-refractivity contribution in [1.29, 1.82) is 5.26 Å². The van der Waals surface area contributed by atoms with Crippen molar-refractivity contribution in [1.82, 2.24) is 5.32 Å². The van der Waals surface area contributed by atoms with Gasteiger partial charge in [-0.2, -0.15) is 17.0 Å². The molecule has 0 radical (unpaired) electrons. The molecule has 0 heterocycles. The number of thioether (sulfide) groups is 1. The van der Waals surface area contributed by atoms with Crippen LogP contribution in [0.1, 0.15) is 53.4 Å². The highest BCUT2D eigenvalue weighted by atomic mass is 32.2. The Morgan fingerprint density at radius 2 is 2.12 bits per heavy atom. The van der Waals surface area contributed by atoms with Gasteiger partial charge in [0.25, 0.3) is 0 Å². The van der Waals surface area contributed by atoms with Gasteiger partial charge in [-0.05, 0) is 37.9 Å². The molecule has 1 N–H and O–H groups in total. The van der Waals surface area contributed by atoms with Crippen molar-refractivity contribution < 1.29 is 0 Å². The van der Waals surface area contributed by atoms with Crippen molar-refractivity contribution >= 4 is 11.8 Å². The fraction of sp³-hybridized carbons (Fsp3) is 0.929. The van der Waals surface area contributed by atoms with Gasteiger partial charge in [-0.25, -0.2) is 0 Å². The Morgan fingerprint density at radius 1 is 1.47 bits per heavy atom. The standard InChI is InChI=1S/C14H26N2S/c1-5-11(2)9-17-12(3)8-14(4,10-15)16-13-6-7-13/h11-13,16H,5-9H2,1-4H3. The Morgan fingerprint density at radius 3 is 2.59 bits per heavy atom. The van der Waals surface area contributed by atoms with Crippen LogP contribution < -0.4 is 5.32 Å². The van der Waals surface area contributed by atoms with Gasteiger partial charge in [0.1, 0.15) is 5.54 Å². The van der Waals surface area contributed by atoms with Crippen LogP contribution >= 0.6 is 11.8 Å². The van der Waals surface area contributed by atoms with Crippen LogP contribution in [0.5, 0.6) is 0 Å². The van der Waals surface area contributed by atoms with Gasteiger partial charge in [0.15, 0.2) is 0 Å². The highest BCUT2D eigenvalue weighted by Crippen LogP contribution is 2.28. The lowest BCUT2D eigenvalue weighted by Crippen LogP contribution is -2.44. The Hall–Kier alpha value is -0.200. The summed E-state index contributed by atoms with van der Waals surface area (Å²) in [5.74, 6) is 2.00. The highest BCUT2D eigenvalue weighted by molar-refractivity contribution is 7.99. The average Bonchev–Trinajstić information content (AvgIpc) is 3.09. The molecule has 0 aromatic heterocycles. The zero-order valence-corrected chi connectivity index (χ0v) is 12.4. The first-order chi connectivity index (χ1) is 7.99. The van der Waals surface area contributed by atoms with Crippen LogP contribution in [0.15, 0.2) is 0 Å². The van der Waals surface area contributed by atoms with E-state index in [2.05, 4.69) is 32.2 Å². The number of hydrogen-bond acceptors (Lipinski definition) is 3. The minimum absolute atomic E-state index is 0.330. The van der Waals surface area contributed by atoms with E-state index in [4.69, 9.17) is 0 Å². The SMILES string of the molecule is CCC(C)CSC(C)CC(C)(C#N)NC1CC1. The lowest BCUT2D eigenvalue weighted by atomic mass is 9.98. The Labute approximate surface area is 111 Å². The van der Waals surface area contributed by atoms with E-state index in [1.807, 2.05) is 18.7 Å². The molecular weight excluding hydrogens is 228 g/mol. The molecule has 3 heteroatoms. The topological polar surface area (TPSA) is 35.8 Å². The fourth-order valence-corrected chi connectivity index (χ4v) is 3.24. The second-order valence-electron chi connectivity index (χ2n) is 5.72. The predicted octanol–water partition coefficient (Wildman–Crippen LogP) is 3.58. The summed E-state index contributed by atoms with van der Waals surface area (Å²) in [4.78, 5) is 0. The van der Waals surface area contributed by atoms with E-state index in [9.17, 15) is 5.26 Å². The third-order valence-corrected chi connectivity index (χ3v) is 4.90. The smallest absolute Gasteiger partial charge is 0.105 e. The van der Waals surface area contributed by atoms with Crippen LogP contribution in [-0.4, -0.2) is 22.6 Å². The van der Waals surface area contributed by atoms with Crippen LogP contribution in [0.4, 0.5) is 0 Å². The number of nitriles is 1.